The van der Waals surface area contributed by atoms with Gasteiger partial charge in [-0.25, -0.2) is 0 Å². The van der Waals surface area contributed by atoms with Gasteiger partial charge in [0.05, 0.1) is 7.11 Å². The van der Waals surface area contributed by atoms with Crippen molar-refractivity contribution < 1.29 is 14.6 Å². The van der Waals surface area contributed by atoms with Crippen LogP contribution in [0, 0.1) is 0 Å². The number of carboxylic acids is 1. The van der Waals surface area contributed by atoms with E-state index in [4.69, 9.17) is 9.84 Å². The van der Waals surface area contributed by atoms with Crippen LogP contribution in [0.2, 0.25) is 0 Å². The monoisotopic (exact) mass is 356 g/mol. The number of rotatable bonds is 13. The van der Waals surface area contributed by atoms with Crippen molar-refractivity contribution in [2.45, 2.75) is 70.6 Å². The van der Waals surface area contributed by atoms with Crippen molar-refractivity contribution in [2.24, 2.45) is 0 Å². The van der Waals surface area contributed by atoms with Crippen molar-refractivity contribution in [3.63, 3.8) is 0 Å². The molecule has 0 saturated heterocycles. The largest absolute Gasteiger partial charge is 0.497 e. The summed E-state index contributed by atoms with van der Waals surface area (Å²) >= 11 is 0. The van der Waals surface area contributed by atoms with E-state index < -0.39 is 5.97 Å². The summed E-state index contributed by atoms with van der Waals surface area (Å²) in [7, 11) is 1.71. The number of hydrogen-bond acceptors (Lipinski definition) is 2. The molecule has 0 unspecified atom stereocenters. The van der Waals surface area contributed by atoms with E-state index in [0.29, 0.717) is 6.42 Å². The van der Waals surface area contributed by atoms with Gasteiger partial charge in [-0.2, -0.15) is 0 Å². The molecule has 0 amide bonds. The predicted octanol–water partition coefficient (Wildman–Crippen LogP) is 6.38. The molecule has 3 nitrogen and oxygen atoms in total. The molecular formula is C23H32O3. The minimum atomic E-state index is -0.671. The zero-order valence-electron chi connectivity index (χ0n) is 16.0. The minimum absolute atomic E-state index is 0.320. The van der Waals surface area contributed by atoms with Gasteiger partial charge in [-0.15, -0.1) is 0 Å². The number of aryl methyl sites for hydroxylation is 1. The zero-order valence-corrected chi connectivity index (χ0v) is 16.0. The summed E-state index contributed by atoms with van der Waals surface area (Å²) in [6, 6.07) is 12.9. The second kappa shape index (κ2) is 11.6. The molecule has 0 spiro atoms. The molecule has 0 heterocycles. The number of fused-ring (bicyclic) bond motifs is 1. The third-order valence-corrected chi connectivity index (χ3v) is 5.01. The highest BCUT2D eigenvalue weighted by Crippen LogP contribution is 2.25. The molecule has 2 aromatic rings. The highest BCUT2D eigenvalue weighted by Gasteiger charge is 2.03. The van der Waals surface area contributed by atoms with Crippen LogP contribution in [0.1, 0.15) is 69.8 Å². The number of benzene rings is 2. The second-order valence-corrected chi connectivity index (χ2v) is 7.08. The molecule has 26 heavy (non-hydrogen) atoms. The fraction of sp³-hybridized carbons (Fsp3) is 0.522. The molecule has 142 valence electrons. The van der Waals surface area contributed by atoms with Crippen LogP contribution in [0.5, 0.6) is 5.75 Å². The van der Waals surface area contributed by atoms with Crippen molar-refractivity contribution in [1.82, 2.24) is 0 Å². The molecule has 3 heteroatoms. The fourth-order valence-electron chi connectivity index (χ4n) is 3.50. The van der Waals surface area contributed by atoms with E-state index in [-0.39, 0.29) is 0 Å². The van der Waals surface area contributed by atoms with Gasteiger partial charge < -0.3 is 9.84 Å². The lowest BCUT2D eigenvalue weighted by Gasteiger charge is -2.08. The summed E-state index contributed by atoms with van der Waals surface area (Å²) in [5, 5.41) is 11.2. The summed E-state index contributed by atoms with van der Waals surface area (Å²) in [5.41, 5.74) is 1.43. The summed E-state index contributed by atoms with van der Waals surface area (Å²) < 4.78 is 5.31. The topological polar surface area (TPSA) is 46.5 Å². The van der Waals surface area contributed by atoms with Gasteiger partial charge in [0.15, 0.2) is 0 Å². The minimum Gasteiger partial charge on any atom is -0.497 e. The van der Waals surface area contributed by atoms with Crippen LogP contribution in [0.15, 0.2) is 36.4 Å². The number of aliphatic carboxylic acids is 1. The van der Waals surface area contributed by atoms with Crippen LogP contribution in [0.4, 0.5) is 0 Å². The van der Waals surface area contributed by atoms with Gasteiger partial charge in [0, 0.05) is 6.42 Å². The molecular weight excluding hydrogens is 324 g/mol. The van der Waals surface area contributed by atoms with Crippen molar-refractivity contribution in [3.05, 3.63) is 42.0 Å². The van der Waals surface area contributed by atoms with Crippen LogP contribution in [-0.4, -0.2) is 18.2 Å². The summed E-state index contributed by atoms with van der Waals surface area (Å²) in [6.45, 7) is 0. The van der Waals surface area contributed by atoms with E-state index in [9.17, 15) is 4.79 Å². The Balaban J connectivity index is 1.59. The van der Waals surface area contributed by atoms with Crippen molar-refractivity contribution in [1.29, 1.82) is 0 Å². The number of hydrogen-bond donors (Lipinski definition) is 1. The first-order valence-electron chi connectivity index (χ1n) is 9.98. The van der Waals surface area contributed by atoms with Gasteiger partial charge in [-0.1, -0.05) is 69.2 Å². The quantitative estimate of drug-likeness (QED) is 0.424. The third kappa shape index (κ3) is 7.07. The van der Waals surface area contributed by atoms with Crippen molar-refractivity contribution in [2.75, 3.05) is 7.11 Å². The summed E-state index contributed by atoms with van der Waals surface area (Å²) in [6.07, 6.45) is 12.2. The molecule has 2 aromatic carbocycles. The first kappa shape index (κ1) is 20.3. The van der Waals surface area contributed by atoms with Gasteiger partial charge in [-0.3, -0.25) is 4.79 Å². The van der Waals surface area contributed by atoms with Gasteiger partial charge in [0.1, 0.15) is 5.75 Å². The highest BCUT2D eigenvalue weighted by molar-refractivity contribution is 5.87. The van der Waals surface area contributed by atoms with Gasteiger partial charge in [0.25, 0.3) is 0 Å². The second-order valence-electron chi connectivity index (χ2n) is 7.08. The van der Waals surface area contributed by atoms with E-state index in [1.54, 1.807) is 7.11 Å². The van der Waals surface area contributed by atoms with Gasteiger partial charge in [0.2, 0.25) is 0 Å². The first-order valence-corrected chi connectivity index (χ1v) is 9.98. The first-order chi connectivity index (χ1) is 12.7. The third-order valence-electron chi connectivity index (χ3n) is 5.01. The Kier molecular flexibility index (Phi) is 9.02. The Labute approximate surface area is 157 Å². The Morgan fingerprint density at radius 3 is 2.19 bits per heavy atom. The molecule has 1 N–H and O–H groups in total. The van der Waals surface area contributed by atoms with Gasteiger partial charge >= 0.3 is 5.97 Å². The van der Waals surface area contributed by atoms with Crippen LogP contribution in [-0.2, 0) is 11.2 Å². The maximum Gasteiger partial charge on any atom is 0.303 e. The molecule has 0 radical (unpaired) electrons. The molecule has 0 aliphatic rings. The molecule has 0 aliphatic heterocycles. The molecule has 0 aliphatic carbocycles. The van der Waals surface area contributed by atoms with Gasteiger partial charge in [-0.05, 0) is 47.7 Å². The van der Waals surface area contributed by atoms with E-state index in [1.165, 1.54) is 61.3 Å². The zero-order chi connectivity index (χ0) is 18.6. The Bertz CT molecular complexity index is 678. The van der Waals surface area contributed by atoms with E-state index in [1.807, 2.05) is 6.07 Å². The van der Waals surface area contributed by atoms with Crippen LogP contribution in [0.25, 0.3) is 10.8 Å². The predicted molar refractivity (Wildman–Crippen MR) is 108 cm³/mol. The van der Waals surface area contributed by atoms with Crippen LogP contribution < -0.4 is 4.74 Å². The molecule has 0 saturated carbocycles. The van der Waals surface area contributed by atoms with E-state index in [0.717, 1.165) is 25.0 Å². The number of carbonyl (C=O) groups is 1. The fourth-order valence-corrected chi connectivity index (χ4v) is 3.50. The van der Waals surface area contributed by atoms with Crippen LogP contribution in [0.3, 0.4) is 0 Å². The number of carboxylic acid groups (broad SMARTS) is 1. The molecule has 0 fully saturated rings. The summed E-state index contributed by atoms with van der Waals surface area (Å²) in [5.74, 6) is 0.243. The average molecular weight is 357 g/mol. The maximum absolute atomic E-state index is 10.4. The van der Waals surface area contributed by atoms with Crippen LogP contribution >= 0.6 is 0 Å². The number of methoxy groups -OCH3 is 1. The standard InChI is InChI=1S/C23H32O3/c1-26-21-16-17-22-19(13-11-14-20(22)18-21)12-9-7-5-3-2-4-6-8-10-15-23(24)25/h11,13-14,16-18H,2-10,12,15H2,1H3,(H,24,25). The summed E-state index contributed by atoms with van der Waals surface area (Å²) in [4.78, 5) is 10.4. The molecule has 0 atom stereocenters. The lowest BCUT2D eigenvalue weighted by Crippen LogP contribution is -1.93. The molecule has 2 rings (SSSR count). The van der Waals surface area contributed by atoms with E-state index in [2.05, 4.69) is 30.3 Å². The Morgan fingerprint density at radius 2 is 1.54 bits per heavy atom. The Morgan fingerprint density at radius 1 is 0.885 bits per heavy atom. The lowest BCUT2D eigenvalue weighted by molar-refractivity contribution is -0.137. The smallest absolute Gasteiger partial charge is 0.303 e. The maximum atomic E-state index is 10.4. The highest BCUT2D eigenvalue weighted by atomic mass is 16.5. The Hall–Kier alpha value is -2.03. The average Bonchev–Trinajstić information content (AvgIpc) is 2.65. The normalized spacial score (nSPS) is 11.0. The number of unbranched alkanes of at least 4 members (excludes halogenated alkanes) is 8. The van der Waals surface area contributed by atoms with Crippen molar-refractivity contribution in [3.8, 4) is 5.75 Å². The molecule has 0 bridgehead atoms. The van der Waals surface area contributed by atoms with E-state index >= 15 is 0 Å². The SMILES string of the molecule is COc1ccc2c(CCCCCCCCCCCC(=O)O)cccc2c1. The lowest BCUT2D eigenvalue weighted by atomic mass is 9.98. The molecule has 0 aromatic heterocycles. The van der Waals surface area contributed by atoms with Crippen molar-refractivity contribution >= 4 is 16.7 Å². The number of ether oxygens (including phenoxy) is 1.